The summed E-state index contributed by atoms with van der Waals surface area (Å²) < 4.78 is 11.2. The first kappa shape index (κ1) is 19.2. The van der Waals surface area contributed by atoms with Gasteiger partial charge in [0.15, 0.2) is 11.7 Å². The lowest BCUT2D eigenvalue weighted by Gasteiger charge is -2.30. The number of hydrogen-bond donors (Lipinski definition) is 1. The molecule has 4 rings (SSSR count). The van der Waals surface area contributed by atoms with Gasteiger partial charge < -0.3 is 19.4 Å². The van der Waals surface area contributed by atoms with Gasteiger partial charge in [0, 0.05) is 31.5 Å². The van der Waals surface area contributed by atoms with Gasteiger partial charge in [0.25, 0.3) is 0 Å². The van der Waals surface area contributed by atoms with Gasteiger partial charge in [-0.05, 0) is 19.1 Å². The van der Waals surface area contributed by atoms with E-state index in [0.717, 1.165) is 35.8 Å². The number of nitrogens with one attached hydrogen (secondary N) is 1. The van der Waals surface area contributed by atoms with Gasteiger partial charge in [-0.2, -0.15) is 0 Å². The molecule has 0 aliphatic carbocycles. The zero-order valence-electron chi connectivity index (χ0n) is 16.6. The van der Waals surface area contributed by atoms with E-state index in [2.05, 4.69) is 15.2 Å². The number of amides is 1. The summed E-state index contributed by atoms with van der Waals surface area (Å²) in [6.45, 7) is 5.10. The Morgan fingerprint density at radius 2 is 1.86 bits per heavy atom. The Labute approximate surface area is 170 Å². The van der Waals surface area contributed by atoms with E-state index < -0.39 is 0 Å². The molecule has 6 nitrogen and oxygen atoms in total. The van der Waals surface area contributed by atoms with E-state index in [9.17, 15) is 4.79 Å². The lowest BCUT2D eigenvalue weighted by Crippen LogP contribution is -2.36. The van der Waals surface area contributed by atoms with Gasteiger partial charge in [0.05, 0.1) is 30.8 Å². The van der Waals surface area contributed by atoms with Crippen LogP contribution in [-0.4, -0.2) is 37.2 Å². The minimum absolute atomic E-state index is 0.0548. The second-order valence-corrected chi connectivity index (χ2v) is 7.15. The first-order chi connectivity index (χ1) is 14.2. The maximum absolute atomic E-state index is 12.5. The molecule has 0 unspecified atom stereocenters. The van der Waals surface area contributed by atoms with Crippen LogP contribution in [0, 0.1) is 6.92 Å². The molecule has 0 saturated carbocycles. The maximum Gasteiger partial charge on any atom is 0.224 e. The third-order valence-electron chi connectivity index (χ3n) is 4.99. The Morgan fingerprint density at radius 3 is 2.66 bits per heavy atom. The van der Waals surface area contributed by atoms with Gasteiger partial charge in [-0.15, -0.1) is 0 Å². The molecule has 0 spiro atoms. The highest BCUT2D eigenvalue weighted by molar-refractivity contribution is 5.94. The van der Waals surface area contributed by atoms with Crippen LogP contribution in [0.2, 0.25) is 0 Å². The number of ether oxygens (including phenoxy) is 1. The number of anilines is 2. The summed E-state index contributed by atoms with van der Waals surface area (Å²) in [5.74, 6) is 1.23. The van der Waals surface area contributed by atoms with Crippen molar-refractivity contribution in [3.8, 4) is 11.3 Å². The molecule has 6 heteroatoms. The number of hydrogen-bond acceptors (Lipinski definition) is 5. The lowest BCUT2D eigenvalue weighted by atomic mass is 10.1. The van der Waals surface area contributed by atoms with Crippen LogP contribution in [0.15, 0.2) is 59.1 Å². The van der Waals surface area contributed by atoms with Crippen LogP contribution in [0.5, 0.6) is 0 Å². The van der Waals surface area contributed by atoms with E-state index in [1.807, 2.05) is 55.5 Å². The average Bonchev–Trinajstić information content (AvgIpc) is 3.23. The van der Waals surface area contributed by atoms with Gasteiger partial charge >= 0.3 is 0 Å². The summed E-state index contributed by atoms with van der Waals surface area (Å²) in [6.07, 6.45) is 2.48. The summed E-state index contributed by atoms with van der Waals surface area (Å²) in [5.41, 5.74) is 4.04. The molecule has 1 aliphatic heterocycles. The van der Waals surface area contributed by atoms with Crippen LogP contribution in [0.3, 0.4) is 0 Å². The van der Waals surface area contributed by atoms with Crippen LogP contribution < -0.4 is 10.2 Å². The van der Waals surface area contributed by atoms with Crippen LogP contribution >= 0.6 is 0 Å². The highest BCUT2D eigenvalue weighted by Crippen LogP contribution is 2.27. The van der Waals surface area contributed by atoms with Crippen molar-refractivity contribution in [2.45, 2.75) is 19.8 Å². The molecule has 1 saturated heterocycles. The van der Waals surface area contributed by atoms with E-state index in [0.29, 0.717) is 31.9 Å². The van der Waals surface area contributed by atoms with E-state index >= 15 is 0 Å². The first-order valence-corrected chi connectivity index (χ1v) is 9.92. The number of aromatic nitrogens is 1. The van der Waals surface area contributed by atoms with Crippen molar-refractivity contribution in [3.05, 3.63) is 66.2 Å². The molecule has 29 heavy (non-hydrogen) atoms. The van der Waals surface area contributed by atoms with E-state index in [1.165, 1.54) is 5.56 Å². The average molecular weight is 391 g/mol. The third-order valence-corrected chi connectivity index (χ3v) is 4.99. The van der Waals surface area contributed by atoms with E-state index in [-0.39, 0.29) is 5.91 Å². The molecule has 3 aromatic rings. The predicted molar refractivity (Wildman–Crippen MR) is 113 cm³/mol. The Kier molecular flexibility index (Phi) is 5.91. The molecular formula is C23H25N3O3. The number of nitrogens with zero attached hydrogens (tertiary/aromatic N) is 2. The molecule has 2 aromatic carbocycles. The molecule has 1 aromatic heterocycles. The number of rotatable bonds is 6. The van der Waals surface area contributed by atoms with Crippen LogP contribution in [0.1, 0.15) is 17.9 Å². The van der Waals surface area contributed by atoms with Crippen molar-refractivity contribution >= 4 is 17.3 Å². The van der Waals surface area contributed by atoms with Gasteiger partial charge in [0.2, 0.25) is 5.91 Å². The van der Waals surface area contributed by atoms with Crippen molar-refractivity contribution in [2.75, 3.05) is 36.5 Å². The Hall–Kier alpha value is -3.12. The topological polar surface area (TPSA) is 67.6 Å². The molecule has 150 valence electrons. The molecule has 0 bridgehead atoms. The van der Waals surface area contributed by atoms with Gasteiger partial charge in [-0.25, -0.2) is 4.98 Å². The number of morpholine rings is 1. The Balaban J connectivity index is 1.36. The fourth-order valence-electron chi connectivity index (χ4n) is 3.37. The van der Waals surface area contributed by atoms with Gasteiger partial charge in [-0.3, -0.25) is 4.79 Å². The summed E-state index contributed by atoms with van der Waals surface area (Å²) in [7, 11) is 0. The largest absolute Gasteiger partial charge is 0.441 e. The minimum Gasteiger partial charge on any atom is -0.441 e. The van der Waals surface area contributed by atoms with Crippen molar-refractivity contribution in [1.82, 2.24) is 4.98 Å². The van der Waals surface area contributed by atoms with Crippen LogP contribution in [0.25, 0.3) is 11.3 Å². The van der Waals surface area contributed by atoms with Crippen molar-refractivity contribution < 1.29 is 13.9 Å². The number of aryl methyl sites for hydroxylation is 2. The summed E-state index contributed by atoms with van der Waals surface area (Å²) in [6, 6.07) is 16.0. The molecule has 0 atom stereocenters. The molecule has 1 fully saturated rings. The number of carbonyl (C=O) groups is 1. The van der Waals surface area contributed by atoms with Gasteiger partial charge in [0.1, 0.15) is 0 Å². The van der Waals surface area contributed by atoms with E-state index in [1.54, 1.807) is 6.20 Å². The molecular weight excluding hydrogens is 366 g/mol. The van der Waals surface area contributed by atoms with Crippen molar-refractivity contribution in [3.63, 3.8) is 0 Å². The summed E-state index contributed by atoms with van der Waals surface area (Å²) in [4.78, 5) is 19.1. The number of carbonyl (C=O) groups excluding carboxylic acids is 1. The van der Waals surface area contributed by atoms with Crippen LogP contribution in [0.4, 0.5) is 11.4 Å². The normalized spacial score (nSPS) is 14.0. The smallest absolute Gasteiger partial charge is 0.224 e. The molecule has 1 N–H and O–H groups in total. The second kappa shape index (κ2) is 8.92. The third kappa shape index (κ3) is 4.84. The predicted octanol–water partition coefficient (Wildman–Crippen LogP) is 4.06. The molecule has 1 aliphatic rings. The zero-order valence-corrected chi connectivity index (χ0v) is 16.6. The monoisotopic (exact) mass is 391 g/mol. The minimum atomic E-state index is -0.0548. The number of benzene rings is 2. The zero-order chi connectivity index (χ0) is 20.1. The summed E-state index contributed by atoms with van der Waals surface area (Å²) >= 11 is 0. The lowest BCUT2D eigenvalue weighted by molar-refractivity contribution is -0.116. The van der Waals surface area contributed by atoms with Crippen LogP contribution in [-0.2, 0) is 16.0 Å². The number of para-hydroxylation sites is 2. The quantitative estimate of drug-likeness (QED) is 0.686. The van der Waals surface area contributed by atoms with Crippen molar-refractivity contribution in [1.29, 1.82) is 0 Å². The molecule has 0 radical (unpaired) electrons. The Bertz CT molecular complexity index is 960. The molecule has 2 heterocycles. The first-order valence-electron chi connectivity index (χ1n) is 9.92. The molecule has 1 amide bonds. The summed E-state index contributed by atoms with van der Waals surface area (Å²) in [5, 5.41) is 3.03. The van der Waals surface area contributed by atoms with Crippen molar-refractivity contribution in [2.24, 2.45) is 0 Å². The highest BCUT2D eigenvalue weighted by atomic mass is 16.5. The SMILES string of the molecule is Cc1ccc(-c2cnc(CCC(=O)Nc3ccccc3N3CCOCC3)o2)cc1. The standard InChI is InChI=1S/C23H25N3O3/c1-17-6-8-18(9-7-17)21-16-24-23(29-21)11-10-22(27)25-19-4-2-3-5-20(19)26-12-14-28-15-13-26/h2-9,16H,10-15H2,1H3,(H,25,27). The maximum atomic E-state index is 12.5. The second-order valence-electron chi connectivity index (χ2n) is 7.15. The van der Waals surface area contributed by atoms with Gasteiger partial charge in [-0.1, -0.05) is 42.0 Å². The number of oxazole rings is 1. The Morgan fingerprint density at radius 1 is 1.10 bits per heavy atom. The van der Waals surface area contributed by atoms with E-state index in [4.69, 9.17) is 9.15 Å². The fourth-order valence-corrected chi connectivity index (χ4v) is 3.37. The highest BCUT2D eigenvalue weighted by Gasteiger charge is 2.16. The fraction of sp³-hybridized carbons (Fsp3) is 0.304.